The SMILES string of the molecule is O=C1C[C@H](OC(=O)OCCc2ccccc2)C(=O)N1. The minimum absolute atomic E-state index is 0.146. The molecule has 6 heteroatoms. The van der Waals surface area contributed by atoms with Crippen molar-refractivity contribution >= 4 is 18.0 Å². The molecule has 0 spiro atoms. The lowest BCUT2D eigenvalue weighted by Crippen LogP contribution is -2.28. The topological polar surface area (TPSA) is 81.7 Å². The minimum Gasteiger partial charge on any atom is -0.434 e. The zero-order chi connectivity index (χ0) is 13.7. The Morgan fingerprint density at radius 1 is 1.26 bits per heavy atom. The smallest absolute Gasteiger partial charge is 0.434 e. The van der Waals surface area contributed by atoms with Crippen molar-refractivity contribution in [3.8, 4) is 0 Å². The van der Waals surface area contributed by atoms with Crippen molar-refractivity contribution in [1.29, 1.82) is 0 Å². The lowest BCUT2D eigenvalue weighted by atomic mass is 10.2. The Morgan fingerprint density at radius 3 is 2.63 bits per heavy atom. The molecule has 1 aliphatic rings. The quantitative estimate of drug-likeness (QED) is 0.641. The van der Waals surface area contributed by atoms with E-state index in [4.69, 9.17) is 9.47 Å². The van der Waals surface area contributed by atoms with Gasteiger partial charge in [0.15, 0.2) is 6.10 Å². The summed E-state index contributed by atoms with van der Waals surface area (Å²) >= 11 is 0. The molecule has 19 heavy (non-hydrogen) atoms. The van der Waals surface area contributed by atoms with Gasteiger partial charge in [-0.15, -0.1) is 0 Å². The molecular formula is C13H13NO5. The van der Waals surface area contributed by atoms with E-state index in [1.54, 1.807) is 0 Å². The van der Waals surface area contributed by atoms with Crippen LogP contribution in [0.2, 0.25) is 0 Å². The van der Waals surface area contributed by atoms with Gasteiger partial charge in [-0.3, -0.25) is 14.9 Å². The summed E-state index contributed by atoms with van der Waals surface area (Å²) in [6.45, 7) is 0.158. The van der Waals surface area contributed by atoms with E-state index in [1.807, 2.05) is 35.6 Å². The fourth-order valence-corrected chi connectivity index (χ4v) is 1.67. The normalized spacial score (nSPS) is 18.0. The third-order valence-corrected chi connectivity index (χ3v) is 2.62. The molecule has 1 aromatic rings. The number of hydrogen-bond donors (Lipinski definition) is 1. The van der Waals surface area contributed by atoms with Crippen molar-refractivity contribution in [2.75, 3.05) is 6.61 Å². The fourth-order valence-electron chi connectivity index (χ4n) is 1.67. The van der Waals surface area contributed by atoms with E-state index in [9.17, 15) is 14.4 Å². The molecule has 0 aromatic heterocycles. The molecule has 0 aliphatic carbocycles. The highest BCUT2D eigenvalue weighted by Gasteiger charge is 2.34. The van der Waals surface area contributed by atoms with Crippen LogP contribution in [0.4, 0.5) is 4.79 Å². The number of ether oxygens (including phenoxy) is 2. The van der Waals surface area contributed by atoms with Crippen LogP contribution in [-0.2, 0) is 25.5 Å². The summed E-state index contributed by atoms with van der Waals surface area (Å²) in [5.74, 6) is -1.06. The summed E-state index contributed by atoms with van der Waals surface area (Å²) in [4.78, 5) is 33.3. The monoisotopic (exact) mass is 263 g/mol. The maximum Gasteiger partial charge on any atom is 0.509 e. The molecule has 1 saturated heterocycles. The van der Waals surface area contributed by atoms with Gasteiger partial charge in [-0.2, -0.15) is 0 Å². The minimum atomic E-state index is -1.07. The Kier molecular flexibility index (Phi) is 4.12. The number of nitrogens with one attached hydrogen (secondary N) is 1. The Hall–Kier alpha value is -2.37. The van der Waals surface area contributed by atoms with E-state index < -0.39 is 24.1 Å². The van der Waals surface area contributed by atoms with Gasteiger partial charge in [-0.25, -0.2) is 4.79 Å². The van der Waals surface area contributed by atoms with E-state index in [0.29, 0.717) is 6.42 Å². The van der Waals surface area contributed by atoms with Crippen LogP contribution in [0.3, 0.4) is 0 Å². The Balaban J connectivity index is 1.70. The van der Waals surface area contributed by atoms with E-state index in [1.165, 1.54) is 0 Å². The molecule has 0 unspecified atom stereocenters. The maximum absolute atomic E-state index is 11.3. The lowest BCUT2D eigenvalue weighted by molar-refractivity contribution is -0.128. The lowest BCUT2D eigenvalue weighted by Gasteiger charge is -2.09. The zero-order valence-corrected chi connectivity index (χ0v) is 10.1. The van der Waals surface area contributed by atoms with Crippen molar-refractivity contribution in [2.45, 2.75) is 18.9 Å². The second-order valence-corrected chi connectivity index (χ2v) is 4.06. The van der Waals surface area contributed by atoms with Gasteiger partial charge in [0.1, 0.15) is 0 Å². The molecule has 1 aliphatic heterocycles. The first-order chi connectivity index (χ1) is 9.15. The predicted octanol–water partition coefficient (Wildman–Crippen LogP) is 0.797. The maximum atomic E-state index is 11.3. The summed E-state index contributed by atoms with van der Waals surface area (Å²) in [6.07, 6.45) is -1.60. The summed E-state index contributed by atoms with van der Waals surface area (Å²) in [5, 5.41) is 2.04. The van der Waals surface area contributed by atoms with Crippen LogP contribution in [0.5, 0.6) is 0 Å². The first-order valence-electron chi connectivity index (χ1n) is 5.86. The van der Waals surface area contributed by atoms with E-state index >= 15 is 0 Å². The van der Waals surface area contributed by atoms with Gasteiger partial charge in [0.25, 0.3) is 5.91 Å². The van der Waals surface area contributed by atoms with Crippen LogP contribution in [0.15, 0.2) is 30.3 Å². The molecule has 0 radical (unpaired) electrons. The fraction of sp³-hybridized carbons (Fsp3) is 0.308. The molecule has 1 aromatic carbocycles. The van der Waals surface area contributed by atoms with Crippen LogP contribution in [0.25, 0.3) is 0 Å². The number of carbonyl (C=O) groups excluding carboxylic acids is 3. The average Bonchev–Trinajstić information content (AvgIpc) is 2.69. The van der Waals surface area contributed by atoms with Crippen LogP contribution in [-0.4, -0.2) is 30.7 Å². The second kappa shape index (κ2) is 5.99. The van der Waals surface area contributed by atoms with Gasteiger partial charge < -0.3 is 9.47 Å². The molecule has 0 bridgehead atoms. The number of amides is 2. The molecule has 6 nitrogen and oxygen atoms in total. The van der Waals surface area contributed by atoms with E-state index in [0.717, 1.165) is 5.56 Å². The van der Waals surface area contributed by atoms with Gasteiger partial charge in [-0.1, -0.05) is 30.3 Å². The summed E-state index contributed by atoms with van der Waals surface area (Å²) in [5.41, 5.74) is 1.03. The van der Waals surface area contributed by atoms with Crippen LogP contribution < -0.4 is 5.32 Å². The van der Waals surface area contributed by atoms with Crippen molar-refractivity contribution in [3.05, 3.63) is 35.9 Å². The van der Waals surface area contributed by atoms with Gasteiger partial charge in [-0.05, 0) is 5.56 Å². The number of carbonyl (C=O) groups is 3. The zero-order valence-electron chi connectivity index (χ0n) is 10.1. The van der Waals surface area contributed by atoms with E-state index in [2.05, 4.69) is 0 Å². The molecule has 2 amide bonds. The first kappa shape index (κ1) is 13.1. The molecule has 1 atom stereocenters. The van der Waals surface area contributed by atoms with Crippen molar-refractivity contribution in [3.63, 3.8) is 0 Å². The van der Waals surface area contributed by atoms with Crippen molar-refractivity contribution in [1.82, 2.24) is 5.32 Å². The van der Waals surface area contributed by atoms with Gasteiger partial charge >= 0.3 is 6.16 Å². The first-order valence-corrected chi connectivity index (χ1v) is 5.86. The van der Waals surface area contributed by atoms with E-state index in [-0.39, 0.29) is 13.0 Å². The summed E-state index contributed by atoms with van der Waals surface area (Å²) < 4.78 is 9.58. The largest absolute Gasteiger partial charge is 0.509 e. The van der Waals surface area contributed by atoms with Crippen LogP contribution in [0.1, 0.15) is 12.0 Å². The predicted molar refractivity (Wildman–Crippen MR) is 64.1 cm³/mol. The highest BCUT2D eigenvalue weighted by Crippen LogP contribution is 2.08. The standard InChI is InChI=1S/C13H13NO5/c15-11-8-10(12(16)14-11)19-13(17)18-7-6-9-4-2-1-3-5-9/h1-5,10H,6-8H2,(H,14,15,16)/t10-/m0/s1. The molecule has 1 heterocycles. The third-order valence-electron chi connectivity index (χ3n) is 2.62. The summed E-state index contributed by atoms with van der Waals surface area (Å²) in [7, 11) is 0. The number of benzene rings is 1. The number of hydrogen-bond acceptors (Lipinski definition) is 5. The summed E-state index contributed by atoms with van der Waals surface area (Å²) in [6, 6.07) is 9.51. The number of rotatable bonds is 4. The Labute approximate surface area is 109 Å². The molecular weight excluding hydrogens is 250 g/mol. The molecule has 0 saturated carbocycles. The van der Waals surface area contributed by atoms with Crippen LogP contribution >= 0.6 is 0 Å². The Morgan fingerprint density at radius 2 is 2.00 bits per heavy atom. The molecule has 100 valence electrons. The van der Waals surface area contributed by atoms with Crippen molar-refractivity contribution < 1.29 is 23.9 Å². The average molecular weight is 263 g/mol. The second-order valence-electron chi connectivity index (χ2n) is 4.06. The highest BCUT2D eigenvalue weighted by atomic mass is 16.7. The van der Waals surface area contributed by atoms with Gasteiger partial charge in [0.2, 0.25) is 5.91 Å². The van der Waals surface area contributed by atoms with Gasteiger partial charge in [0.05, 0.1) is 13.0 Å². The molecule has 2 rings (SSSR count). The highest BCUT2D eigenvalue weighted by molar-refractivity contribution is 6.05. The number of imide groups is 1. The molecule has 1 fully saturated rings. The van der Waals surface area contributed by atoms with Crippen LogP contribution in [0, 0.1) is 0 Å². The molecule has 1 N–H and O–H groups in total. The Bertz CT molecular complexity index is 485. The van der Waals surface area contributed by atoms with Gasteiger partial charge in [0, 0.05) is 6.42 Å². The van der Waals surface area contributed by atoms with Crippen molar-refractivity contribution in [2.24, 2.45) is 0 Å². The third kappa shape index (κ3) is 3.80.